The first-order valence-corrected chi connectivity index (χ1v) is 26.2. The molecule has 7 heterocycles. The van der Waals surface area contributed by atoms with Gasteiger partial charge in [0.2, 0.25) is 11.9 Å². The van der Waals surface area contributed by atoms with Crippen LogP contribution in [0.2, 0.25) is 0 Å². The average molecular weight is 1010 g/mol. The smallest absolute Gasteiger partial charge is 0.411 e. The number of hydrogen-bond acceptors (Lipinski definition) is 9. The van der Waals surface area contributed by atoms with Crippen molar-refractivity contribution in [1.29, 1.82) is 0 Å². The van der Waals surface area contributed by atoms with Crippen molar-refractivity contribution < 1.29 is 14.3 Å². The van der Waals surface area contributed by atoms with Crippen molar-refractivity contribution in [3.05, 3.63) is 158 Å². The Morgan fingerprint density at radius 2 is 1.18 bits per heavy atom. The molecular formula is C61H63N11O4. The number of para-hydroxylation sites is 2. The number of anilines is 3. The molecule has 0 atom stereocenters. The third-order valence-corrected chi connectivity index (χ3v) is 14.9. The molecule has 0 spiro atoms. The Morgan fingerprint density at radius 3 is 1.72 bits per heavy atom. The van der Waals surface area contributed by atoms with Crippen LogP contribution >= 0.6 is 0 Å². The van der Waals surface area contributed by atoms with Gasteiger partial charge in [0.1, 0.15) is 6.61 Å². The number of amides is 2. The number of rotatable bonds is 14. The predicted molar refractivity (Wildman–Crippen MR) is 306 cm³/mol. The molecule has 2 aliphatic heterocycles. The van der Waals surface area contributed by atoms with Gasteiger partial charge in [-0.15, -0.1) is 0 Å². The van der Waals surface area contributed by atoms with Crippen LogP contribution in [0.15, 0.2) is 102 Å². The van der Waals surface area contributed by atoms with Crippen LogP contribution in [0, 0.1) is 13.8 Å². The summed E-state index contributed by atoms with van der Waals surface area (Å²) in [6.07, 6.45) is 4.59. The number of carbonyl (C=O) groups excluding carboxylic acids is 2. The summed E-state index contributed by atoms with van der Waals surface area (Å²) in [6.45, 7) is 17.8. The molecule has 3 aromatic carbocycles. The van der Waals surface area contributed by atoms with Gasteiger partial charge < -0.3 is 30.3 Å². The van der Waals surface area contributed by atoms with Crippen molar-refractivity contribution in [2.24, 2.45) is 0 Å². The highest BCUT2D eigenvalue weighted by Crippen LogP contribution is 2.46. The monoisotopic (exact) mass is 1010 g/mol. The summed E-state index contributed by atoms with van der Waals surface area (Å²) < 4.78 is 7.51. The van der Waals surface area contributed by atoms with Crippen molar-refractivity contribution in [2.75, 3.05) is 16.4 Å². The maximum Gasteiger partial charge on any atom is 0.411 e. The van der Waals surface area contributed by atoms with E-state index in [4.69, 9.17) is 20.4 Å². The van der Waals surface area contributed by atoms with Crippen LogP contribution in [0.25, 0.3) is 77.8 Å². The van der Waals surface area contributed by atoms with Crippen molar-refractivity contribution in [3.63, 3.8) is 0 Å². The number of aromatic nitrogens is 8. The third-order valence-electron chi connectivity index (χ3n) is 14.9. The van der Waals surface area contributed by atoms with E-state index >= 15 is 0 Å². The lowest BCUT2D eigenvalue weighted by Gasteiger charge is -2.14. The summed E-state index contributed by atoms with van der Waals surface area (Å²) in [4.78, 5) is 70.1. The lowest BCUT2D eigenvalue weighted by Crippen LogP contribution is -2.14. The fourth-order valence-electron chi connectivity index (χ4n) is 11.1. The summed E-state index contributed by atoms with van der Waals surface area (Å²) in [5.41, 5.74) is 27.3. The second kappa shape index (κ2) is 21.2. The zero-order chi connectivity index (χ0) is 53.4. The standard InChI is InChI=1S/C61H63N11O4/c1-9-38-33(5)53-51(42-23-16-18-25-44(42)64-50(73)27-20-28-72-32-63-57-58(72)70-60(62)71-59(57)74)54-34(6)39(10-2)47(66-54)30-49-41(12-4)36(8)56(68-49)52(55-35(7)40(11-3)48(67-55)29-46(38)65-53)43-24-17-19-26-45(43)69-61(75)76-31-37-21-14-13-15-22-37/h13-19,21-26,29-30,32,65,68H,9-12,20,27-28,31H2,1-8H3,(H,64,73)(H,69,75)(H3,62,70,71,74). The highest BCUT2D eigenvalue weighted by atomic mass is 16.5. The number of hydrogen-bond donors (Lipinski definition) is 6. The largest absolute Gasteiger partial charge is 0.444 e. The molecule has 8 bridgehead atoms. The van der Waals surface area contributed by atoms with E-state index in [1.165, 1.54) is 0 Å². The number of nitrogen functional groups attached to an aromatic ring is 1. The minimum Gasteiger partial charge on any atom is -0.444 e. The van der Waals surface area contributed by atoms with Crippen molar-refractivity contribution in [3.8, 4) is 22.3 Å². The van der Waals surface area contributed by atoms with Gasteiger partial charge in [0.05, 0.1) is 45.8 Å². The Kier molecular flexibility index (Phi) is 14.1. The van der Waals surface area contributed by atoms with Gasteiger partial charge in [0, 0.05) is 51.9 Å². The molecule has 0 unspecified atom stereocenters. The molecule has 2 aliphatic rings. The maximum atomic E-state index is 14.0. The van der Waals surface area contributed by atoms with E-state index < -0.39 is 11.7 Å². The lowest BCUT2D eigenvalue weighted by molar-refractivity contribution is -0.116. The van der Waals surface area contributed by atoms with Crippen molar-refractivity contribution >= 4 is 84.8 Å². The minimum absolute atomic E-state index is 0.00598. The first-order valence-electron chi connectivity index (χ1n) is 26.2. The van der Waals surface area contributed by atoms with Crippen LogP contribution in [0.4, 0.5) is 22.1 Å². The topological polar surface area (TPSA) is 214 Å². The van der Waals surface area contributed by atoms with Gasteiger partial charge in [0.25, 0.3) is 5.56 Å². The second-order valence-corrected chi connectivity index (χ2v) is 19.4. The number of fused-ring (bicyclic) bond motifs is 9. The van der Waals surface area contributed by atoms with Crippen LogP contribution in [0.5, 0.6) is 0 Å². The van der Waals surface area contributed by atoms with E-state index in [2.05, 4.69) is 109 Å². The Hall–Kier alpha value is -8.85. The Bertz CT molecular complexity index is 3930. The molecule has 0 aliphatic carbocycles. The molecule has 5 aromatic heterocycles. The van der Waals surface area contributed by atoms with E-state index in [1.54, 1.807) is 10.9 Å². The van der Waals surface area contributed by atoms with Gasteiger partial charge in [-0.3, -0.25) is 19.9 Å². The van der Waals surface area contributed by atoms with E-state index in [0.29, 0.717) is 30.0 Å². The van der Waals surface area contributed by atoms with Crippen LogP contribution < -0.4 is 21.9 Å². The van der Waals surface area contributed by atoms with Gasteiger partial charge in [-0.1, -0.05) is 94.4 Å². The maximum absolute atomic E-state index is 14.0. The molecule has 15 heteroatoms. The van der Waals surface area contributed by atoms with Crippen LogP contribution in [0.1, 0.15) is 118 Å². The van der Waals surface area contributed by atoms with Gasteiger partial charge in [0.15, 0.2) is 11.2 Å². The summed E-state index contributed by atoms with van der Waals surface area (Å²) in [5.74, 6) is -0.160. The first kappa shape index (κ1) is 50.7. The lowest BCUT2D eigenvalue weighted by atomic mass is 9.94. The molecule has 76 heavy (non-hydrogen) atoms. The number of nitrogens with two attached hydrogens (primary N) is 1. The van der Waals surface area contributed by atoms with Gasteiger partial charge >= 0.3 is 6.09 Å². The summed E-state index contributed by atoms with van der Waals surface area (Å²) in [6, 6.07) is 29.8. The van der Waals surface area contributed by atoms with E-state index in [0.717, 1.165) is 143 Å². The van der Waals surface area contributed by atoms with Crippen molar-refractivity contribution in [1.82, 2.24) is 39.5 Å². The highest BCUT2D eigenvalue weighted by molar-refractivity contribution is 6.07. The summed E-state index contributed by atoms with van der Waals surface area (Å²) >= 11 is 0. The SMILES string of the molecule is CCC1=C(C)c2nc1cc1[nH]c(c(C)c1CC)c(-c1ccccc1NC(=O)OCc1ccccc1)c1nc(cc3[nH]c(c(C)c3CC)c2-c2ccccc2NC(=O)CCCn2cnc3c(=O)[nH]c(N)nc32)C(CC)=C1C. The van der Waals surface area contributed by atoms with Crippen LogP contribution in [0.3, 0.4) is 0 Å². The Labute approximate surface area is 440 Å². The number of nitrogens with zero attached hydrogens (tertiary/aromatic N) is 5. The molecule has 0 radical (unpaired) electrons. The number of aryl methyl sites for hydroxylation is 5. The Morgan fingerprint density at radius 1 is 0.658 bits per heavy atom. The molecule has 15 nitrogen and oxygen atoms in total. The second-order valence-electron chi connectivity index (χ2n) is 19.4. The van der Waals surface area contributed by atoms with E-state index in [9.17, 15) is 14.4 Å². The van der Waals surface area contributed by atoms with Gasteiger partial charge in [-0.05, 0) is 134 Å². The number of carbonyl (C=O) groups is 2. The molecule has 0 saturated heterocycles. The summed E-state index contributed by atoms with van der Waals surface area (Å²) in [5, 5.41) is 6.36. The number of aromatic amines is 3. The fraction of sp³-hybridized carbons (Fsp3) is 0.262. The normalized spacial score (nSPS) is 12.5. The minimum atomic E-state index is -0.556. The third kappa shape index (κ3) is 9.37. The predicted octanol–water partition coefficient (Wildman–Crippen LogP) is 13.3. The van der Waals surface area contributed by atoms with Crippen LogP contribution in [-0.4, -0.2) is 51.5 Å². The van der Waals surface area contributed by atoms with Gasteiger partial charge in [-0.2, -0.15) is 4.98 Å². The molecule has 7 N–H and O–H groups in total. The molecule has 386 valence electrons. The summed E-state index contributed by atoms with van der Waals surface area (Å²) in [7, 11) is 0. The van der Waals surface area contributed by atoms with E-state index in [-0.39, 0.29) is 30.4 Å². The molecule has 0 saturated carbocycles. The molecular weight excluding hydrogens is 951 g/mol. The molecule has 0 fully saturated rings. The Balaban J connectivity index is 1.17. The number of nitrogens with one attached hydrogen (secondary N) is 5. The molecule has 2 amide bonds. The molecule has 10 rings (SSSR count). The average Bonchev–Trinajstić information content (AvgIpc) is 4.26. The number of allylic oxidation sites excluding steroid dienone is 4. The number of imidazole rings is 1. The number of H-pyrrole nitrogens is 3. The zero-order valence-electron chi connectivity index (χ0n) is 44.3. The fourth-order valence-corrected chi connectivity index (χ4v) is 11.1. The van der Waals surface area contributed by atoms with Gasteiger partial charge in [-0.25, -0.2) is 19.7 Å². The van der Waals surface area contributed by atoms with Crippen LogP contribution in [-0.2, 0) is 35.5 Å². The van der Waals surface area contributed by atoms with Crippen molar-refractivity contribution in [2.45, 2.75) is 107 Å². The highest BCUT2D eigenvalue weighted by Gasteiger charge is 2.28. The number of ether oxygens (including phenoxy) is 1. The molecule has 8 aromatic rings. The quantitative estimate of drug-likeness (QED) is 0.0610. The zero-order valence-corrected chi connectivity index (χ0v) is 44.3. The van der Waals surface area contributed by atoms with E-state index in [1.807, 2.05) is 72.8 Å². The number of benzene rings is 3. The first-order chi connectivity index (χ1) is 36.8.